The maximum Gasteiger partial charge on any atom is 0.263 e. The van der Waals surface area contributed by atoms with Gasteiger partial charge in [-0.05, 0) is 39.8 Å². The zero-order valence-electron chi connectivity index (χ0n) is 15.2. The molecule has 0 fully saturated rings. The van der Waals surface area contributed by atoms with Crippen molar-refractivity contribution in [2.75, 3.05) is 0 Å². The fraction of sp³-hybridized carbons (Fsp3) is 0.250. The van der Waals surface area contributed by atoms with E-state index < -0.39 is 0 Å². The maximum absolute atomic E-state index is 12.2. The first-order valence-corrected chi connectivity index (χ1v) is 9.25. The molecule has 1 N–H and O–H groups in total. The lowest BCUT2D eigenvalue weighted by atomic mass is 10.1. The highest BCUT2D eigenvalue weighted by Crippen LogP contribution is 2.28. The van der Waals surface area contributed by atoms with E-state index in [4.69, 9.17) is 4.52 Å². The van der Waals surface area contributed by atoms with E-state index >= 15 is 0 Å². The number of carbonyl (C=O) groups excluding carboxylic acids is 1. The van der Waals surface area contributed by atoms with Crippen molar-refractivity contribution < 1.29 is 9.32 Å². The second-order valence-electron chi connectivity index (χ2n) is 6.30. The Hall–Kier alpha value is -2.73. The Bertz CT molecular complexity index is 939. The van der Waals surface area contributed by atoms with Gasteiger partial charge in [-0.1, -0.05) is 35.5 Å². The summed E-state index contributed by atoms with van der Waals surface area (Å²) in [6, 6.07) is 9.99. The minimum Gasteiger partial charge on any atom is -0.360 e. The van der Waals surface area contributed by atoms with Crippen molar-refractivity contribution >= 4 is 29.4 Å². The number of amides is 1. The van der Waals surface area contributed by atoms with E-state index in [2.05, 4.69) is 15.5 Å². The predicted molar refractivity (Wildman–Crippen MR) is 105 cm³/mol. The summed E-state index contributed by atoms with van der Waals surface area (Å²) in [7, 11) is 0. The third-order valence-electron chi connectivity index (χ3n) is 3.79. The van der Waals surface area contributed by atoms with Crippen molar-refractivity contribution in [3.8, 4) is 11.3 Å². The molecule has 26 heavy (non-hydrogen) atoms. The fourth-order valence-electron chi connectivity index (χ4n) is 2.56. The number of nitrogens with zero attached hydrogens (tertiary/aromatic N) is 2. The first-order valence-electron chi connectivity index (χ1n) is 8.43. The minimum atomic E-state index is -0.0826. The first kappa shape index (κ1) is 18.1. The molecule has 0 saturated heterocycles. The standard InChI is InChI=1S/C20H21N3O2S/c1-12(2)21-20(24)19-13(3)22-17(26-19)11-10-16-14(4)25-23-18(16)15-8-6-5-7-9-15/h5-12H,1-4H3,(H,21,24)/b11-10+. The van der Waals surface area contributed by atoms with Crippen LogP contribution in [0, 0.1) is 13.8 Å². The van der Waals surface area contributed by atoms with Crippen LogP contribution in [0.5, 0.6) is 0 Å². The topological polar surface area (TPSA) is 68.0 Å². The molecule has 0 atom stereocenters. The van der Waals surface area contributed by atoms with Crippen molar-refractivity contribution in [3.63, 3.8) is 0 Å². The Morgan fingerprint density at radius 2 is 1.92 bits per heavy atom. The number of aromatic nitrogens is 2. The number of rotatable bonds is 5. The lowest BCUT2D eigenvalue weighted by Crippen LogP contribution is -2.29. The van der Waals surface area contributed by atoms with Crippen molar-refractivity contribution in [2.45, 2.75) is 33.7 Å². The molecule has 0 unspecified atom stereocenters. The van der Waals surface area contributed by atoms with E-state index in [1.807, 2.05) is 70.2 Å². The summed E-state index contributed by atoms with van der Waals surface area (Å²) in [6.45, 7) is 7.61. The smallest absolute Gasteiger partial charge is 0.263 e. The van der Waals surface area contributed by atoms with E-state index in [0.29, 0.717) is 4.88 Å². The molecule has 5 nitrogen and oxygen atoms in total. The molecule has 2 heterocycles. The summed E-state index contributed by atoms with van der Waals surface area (Å²) in [5.74, 6) is 0.659. The van der Waals surface area contributed by atoms with Gasteiger partial charge in [-0.15, -0.1) is 11.3 Å². The monoisotopic (exact) mass is 367 g/mol. The van der Waals surface area contributed by atoms with E-state index in [1.165, 1.54) is 11.3 Å². The van der Waals surface area contributed by atoms with Gasteiger partial charge in [0.1, 0.15) is 21.3 Å². The Labute approximate surface area is 156 Å². The van der Waals surface area contributed by atoms with Gasteiger partial charge in [0, 0.05) is 17.2 Å². The van der Waals surface area contributed by atoms with E-state index in [1.54, 1.807) is 0 Å². The molecular weight excluding hydrogens is 346 g/mol. The van der Waals surface area contributed by atoms with E-state index in [0.717, 1.165) is 33.3 Å². The lowest BCUT2D eigenvalue weighted by Gasteiger charge is -2.06. The number of benzene rings is 1. The molecule has 3 aromatic rings. The van der Waals surface area contributed by atoms with Gasteiger partial charge in [0.2, 0.25) is 0 Å². The zero-order chi connectivity index (χ0) is 18.7. The maximum atomic E-state index is 12.2. The predicted octanol–water partition coefficient (Wildman–Crippen LogP) is 4.72. The number of nitrogens with one attached hydrogen (secondary N) is 1. The SMILES string of the molecule is Cc1nc(/C=C/c2c(-c3ccccc3)noc2C)sc1C(=O)NC(C)C. The quantitative estimate of drug-likeness (QED) is 0.708. The summed E-state index contributed by atoms with van der Waals surface area (Å²) in [5, 5.41) is 7.85. The molecule has 0 spiro atoms. The minimum absolute atomic E-state index is 0.0826. The van der Waals surface area contributed by atoms with Gasteiger partial charge in [-0.25, -0.2) is 4.98 Å². The highest BCUT2D eigenvalue weighted by Gasteiger charge is 2.16. The van der Waals surface area contributed by atoms with Gasteiger partial charge in [0.25, 0.3) is 5.91 Å². The van der Waals surface area contributed by atoms with Crippen molar-refractivity contribution in [2.24, 2.45) is 0 Å². The van der Waals surface area contributed by atoms with Gasteiger partial charge in [0.05, 0.1) is 5.69 Å². The Balaban J connectivity index is 1.88. The van der Waals surface area contributed by atoms with Crippen LogP contribution in [-0.2, 0) is 0 Å². The van der Waals surface area contributed by atoms with E-state index in [-0.39, 0.29) is 11.9 Å². The van der Waals surface area contributed by atoms with Crippen LogP contribution in [0.15, 0.2) is 34.9 Å². The summed E-state index contributed by atoms with van der Waals surface area (Å²) in [5.41, 5.74) is 3.44. The molecule has 1 aromatic carbocycles. The lowest BCUT2D eigenvalue weighted by molar-refractivity contribution is 0.0946. The van der Waals surface area contributed by atoms with Crippen LogP contribution in [0.4, 0.5) is 0 Å². The third-order valence-corrected chi connectivity index (χ3v) is 4.91. The number of aryl methyl sites for hydroxylation is 2. The molecule has 6 heteroatoms. The number of hydrogen-bond donors (Lipinski definition) is 1. The molecule has 2 aromatic heterocycles. The number of hydrogen-bond acceptors (Lipinski definition) is 5. The van der Waals surface area contributed by atoms with Crippen LogP contribution >= 0.6 is 11.3 Å². The summed E-state index contributed by atoms with van der Waals surface area (Å²) in [4.78, 5) is 17.4. The van der Waals surface area contributed by atoms with Crippen LogP contribution < -0.4 is 5.32 Å². The first-order chi connectivity index (χ1) is 12.5. The molecule has 0 aliphatic carbocycles. The normalized spacial score (nSPS) is 11.4. The van der Waals surface area contributed by atoms with Crippen molar-refractivity contribution in [1.29, 1.82) is 0 Å². The summed E-state index contributed by atoms with van der Waals surface area (Å²) in [6.07, 6.45) is 3.84. The molecule has 1 amide bonds. The van der Waals surface area contributed by atoms with Crippen LogP contribution in [0.2, 0.25) is 0 Å². The molecule has 0 saturated carbocycles. The average Bonchev–Trinajstić information content (AvgIpc) is 3.16. The van der Waals surface area contributed by atoms with Crippen LogP contribution in [-0.4, -0.2) is 22.1 Å². The van der Waals surface area contributed by atoms with Crippen molar-refractivity contribution in [3.05, 3.63) is 57.2 Å². The molecule has 0 aliphatic rings. The second kappa shape index (κ2) is 7.66. The molecular formula is C20H21N3O2S. The Kier molecular flexibility index (Phi) is 5.32. The Morgan fingerprint density at radius 1 is 1.19 bits per heavy atom. The number of carbonyl (C=O) groups is 1. The molecule has 3 rings (SSSR count). The average molecular weight is 367 g/mol. The van der Waals surface area contributed by atoms with Gasteiger partial charge < -0.3 is 9.84 Å². The summed E-state index contributed by atoms with van der Waals surface area (Å²) < 4.78 is 5.37. The van der Waals surface area contributed by atoms with Crippen LogP contribution in [0.1, 0.15) is 45.5 Å². The molecule has 134 valence electrons. The third kappa shape index (κ3) is 3.91. The fourth-order valence-corrected chi connectivity index (χ4v) is 3.43. The highest BCUT2D eigenvalue weighted by atomic mass is 32.1. The molecule has 0 aliphatic heterocycles. The van der Waals surface area contributed by atoms with Gasteiger partial charge in [0.15, 0.2) is 0 Å². The zero-order valence-corrected chi connectivity index (χ0v) is 16.1. The Morgan fingerprint density at radius 3 is 2.62 bits per heavy atom. The van der Waals surface area contributed by atoms with Crippen LogP contribution in [0.3, 0.4) is 0 Å². The van der Waals surface area contributed by atoms with Gasteiger partial charge in [-0.3, -0.25) is 4.79 Å². The van der Waals surface area contributed by atoms with E-state index in [9.17, 15) is 4.79 Å². The highest BCUT2D eigenvalue weighted by molar-refractivity contribution is 7.14. The second-order valence-corrected chi connectivity index (χ2v) is 7.33. The molecule has 0 radical (unpaired) electrons. The summed E-state index contributed by atoms with van der Waals surface area (Å²) >= 11 is 1.38. The number of thiazole rings is 1. The van der Waals surface area contributed by atoms with Gasteiger partial charge in [-0.2, -0.15) is 0 Å². The van der Waals surface area contributed by atoms with Gasteiger partial charge >= 0.3 is 0 Å². The van der Waals surface area contributed by atoms with Crippen LogP contribution in [0.25, 0.3) is 23.4 Å². The van der Waals surface area contributed by atoms with Crippen molar-refractivity contribution in [1.82, 2.24) is 15.5 Å². The molecule has 0 bridgehead atoms. The largest absolute Gasteiger partial charge is 0.360 e.